The fourth-order valence-electron chi connectivity index (χ4n) is 3.47. The topological polar surface area (TPSA) is 90.0 Å². The zero-order valence-electron chi connectivity index (χ0n) is 15.1. The van der Waals surface area contributed by atoms with Crippen molar-refractivity contribution in [3.63, 3.8) is 0 Å². The minimum Gasteiger partial charge on any atom is -0.366 e. The average molecular weight is 378 g/mol. The number of fused-ring (bicyclic) bond motifs is 1. The van der Waals surface area contributed by atoms with Crippen LogP contribution in [0.25, 0.3) is 5.69 Å². The summed E-state index contributed by atoms with van der Waals surface area (Å²) in [5, 5.41) is 7.38. The van der Waals surface area contributed by atoms with Crippen LogP contribution in [-0.2, 0) is 19.4 Å². The molecule has 0 radical (unpaired) electrons. The minimum atomic E-state index is -0.488. The van der Waals surface area contributed by atoms with E-state index in [1.807, 2.05) is 0 Å². The SMILES string of the molecule is NC(=O)c1ccc(CNC(=O)c2nn(-c3ccc(F)cc3)c3c2CCC3)cc1. The van der Waals surface area contributed by atoms with Gasteiger partial charge in [-0.15, -0.1) is 0 Å². The van der Waals surface area contributed by atoms with Gasteiger partial charge in [-0.05, 0) is 61.2 Å². The first-order valence-electron chi connectivity index (χ1n) is 9.06. The number of benzene rings is 2. The van der Waals surface area contributed by atoms with Gasteiger partial charge in [-0.25, -0.2) is 9.07 Å². The van der Waals surface area contributed by atoms with Gasteiger partial charge in [-0.3, -0.25) is 9.59 Å². The highest BCUT2D eigenvalue weighted by Gasteiger charge is 2.26. The molecule has 142 valence electrons. The first kappa shape index (κ1) is 17.9. The zero-order chi connectivity index (χ0) is 19.7. The molecule has 0 saturated carbocycles. The molecule has 0 atom stereocenters. The smallest absolute Gasteiger partial charge is 0.272 e. The molecule has 0 saturated heterocycles. The van der Waals surface area contributed by atoms with E-state index in [2.05, 4.69) is 10.4 Å². The van der Waals surface area contributed by atoms with Crippen LogP contribution in [0.15, 0.2) is 48.5 Å². The van der Waals surface area contributed by atoms with Crippen LogP contribution in [0.3, 0.4) is 0 Å². The van der Waals surface area contributed by atoms with Crippen LogP contribution < -0.4 is 11.1 Å². The molecule has 1 aliphatic carbocycles. The van der Waals surface area contributed by atoms with Gasteiger partial charge in [0.15, 0.2) is 5.69 Å². The van der Waals surface area contributed by atoms with Gasteiger partial charge >= 0.3 is 0 Å². The molecule has 1 aromatic heterocycles. The highest BCUT2D eigenvalue weighted by atomic mass is 19.1. The Morgan fingerprint density at radius 1 is 1.07 bits per heavy atom. The third kappa shape index (κ3) is 3.38. The fraction of sp³-hybridized carbons (Fsp3) is 0.190. The van der Waals surface area contributed by atoms with E-state index in [-0.39, 0.29) is 11.7 Å². The van der Waals surface area contributed by atoms with Crippen LogP contribution in [0, 0.1) is 5.82 Å². The van der Waals surface area contributed by atoms with Crippen LogP contribution in [-0.4, -0.2) is 21.6 Å². The summed E-state index contributed by atoms with van der Waals surface area (Å²) in [6.07, 6.45) is 2.59. The molecule has 28 heavy (non-hydrogen) atoms. The summed E-state index contributed by atoms with van der Waals surface area (Å²) in [6, 6.07) is 12.8. The molecule has 6 nitrogen and oxygen atoms in total. The molecule has 0 fully saturated rings. The lowest BCUT2D eigenvalue weighted by Crippen LogP contribution is -2.24. The predicted octanol–water partition coefficient (Wildman–Crippen LogP) is 2.53. The maximum Gasteiger partial charge on any atom is 0.272 e. The Balaban J connectivity index is 1.54. The lowest BCUT2D eigenvalue weighted by molar-refractivity contribution is 0.0943. The van der Waals surface area contributed by atoms with Crippen molar-refractivity contribution in [3.05, 3.63) is 82.4 Å². The molecule has 3 aromatic rings. The van der Waals surface area contributed by atoms with Crippen molar-refractivity contribution in [2.75, 3.05) is 0 Å². The molecular formula is C21H19FN4O2. The van der Waals surface area contributed by atoms with Crippen LogP contribution in [0.2, 0.25) is 0 Å². The van der Waals surface area contributed by atoms with E-state index in [4.69, 9.17) is 5.73 Å². The second-order valence-corrected chi connectivity index (χ2v) is 6.76. The van der Waals surface area contributed by atoms with Gasteiger partial charge in [-0.2, -0.15) is 5.10 Å². The summed E-state index contributed by atoms with van der Waals surface area (Å²) < 4.78 is 15.0. The molecule has 2 aromatic carbocycles. The monoisotopic (exact) mass is 378 g/mol. The summed E-state index contributed by atoms with van der Waals surface area (Å²) in [7, 11) is 0. The Morgan fingerprint density at radius 3 is 2.46 bits per heavy atom. The van der Waals surface area contributed by atoms with E-state index in [0.29, 0.717) is 17.8 Å². The second kappa shape index (κ2) is 7.26. The summed E-state index contributed by atoms with van der Waals surface area (Å²) >= 11 is 0. The van der Waals surface area contributed by atoms with Gasteiger partial charge in [0, 0.05) is 23.4 Å². The Labute approximate surface area is 161 Å². The number of nitrogens with two attached hydrogens (primary N) is 1. The van der Waals surface area contributed by atoms with E-state index >= 15 is 0 Å². The predicted molar refractivity (Wildman–Crippen MR) is 102 cm³/mol. The lowest BCUT2D eigenvalue weighted by atomic mass is 10.1. The van der Waals surface area contributed by atoms with Gasteiger partial charge in [0.2, 0.25) is 5.91 Å². The van der Waals surface area contributed by atoms with Crippen LogP contribution in [0.5, 0.6) is 0 Å². The van der Waals surface area contributed by atoms with Crippen molar-refractivity contribution >= 4 is 11.8 Å². The number of carbonyl (C=O) groups is 2. The Morgan fingerprint density at radius 2 is 1.79 bits per heavy atom. The quantitative estimate of drug-likeness (QED) is 0.715. The molecule has 4 rings (SSSR count). The first-order valence-corrected chi connectivity index (χ1v) is 9.06. The highest BCUT2D eigenvalue weighted by molar-refractivity contribution is 5.94. The molecule has 0 bridgehead atoms. The Bertz CT molecular complexity index is 1040. The highest BCUT2D eigenvalue weighted by Crippen LogP contribution is 2.28. The van der Waals surface area contributed by atoms with Gasteiger partial charge in [0.25, 0.3) is 5.91 Å². The molecule has 2 amide bonds. The zero-order valence-corrected chi connectivity index (χ0v) is 15.1. The van der Waals surface area contributed by atoms with Gasteiger partial charge in [-0.1, -0.05) is 12.1 Å². The number of rotatable bonds is 5. The lowest BCUT2D eigenvalue weighted by Gasteiger charge is -2.06. The number of carbonyl (C=O) groups excluding carboxylic acids is 2. The summed E-state index contributed by atoms with van der Waals surface area (Å²) in [5.41, 5.74) is 9.61. The van der Waals surface area contributed by atoms with Crippen molar-refractivity contribution in [1.29, 1.82) is 0 Å². The number of hydrogen-bond acceptors (Lipinski definition) is 3. The molecule has 1 heterocycles. The second-order valence-electron chi connectivity index (χ2n) is 6.76. The Kier molecular flexibility index (Phi) is 4.65. The van der Waals surface area contributed by atoms with Crippen molar-refractivity contribution in [1.82, 2.24) is 15.1 Å². The van der Waals surface area contributed by atoms with Crippen LogP contribution in [0.4, 0.5) is 4.39 Å². The molecule has 1 aliphatic rings. The van der Waals surface area contributed by atoms with E-state index in [1.54, 1.807) is 41.1 Å². The number of amides is 2. The minimum absolute atomic E-state index is 0.252. The summed E-state index contributed by atoms with van der Waals surface area (Å²) in [4.78, 5) is 23.9. The van der Waals surface area contributed by atoms with Crippen molar-refractivity contribution < 1.29 is 14.0 Å². The largest absolute Gasteiger partial charge is 0.366 e. The number of primary amides is 1. The molecule has 3 N–H and O–H groups in total. The van der Waals surface area contributed by atoms with Crippen molar-refractivity contribution in [2.24, 2.45) is 5.73 Å². The molecule has 0 aliphatic heterocycles. The van der Waals surface area contributed by atoms with Gasteiger partial charge in [0.1, 0.15) is 5.82 Å². The third-order valence-electron chi connectivity index (χ3n) is 4.91. The average Bonchev–Trinajstić information content (AvgIpc) is 3.30. The number of aromatic nitrogens is 2. The normalized spacial score (nSPS) is 12.6. The van der Waals surface area contributed by atoms with Crippen LogP contribution in [0.1, 0.15) is 44.1 Å². The standard InChI is InChI=1S/C21H19FN4O2/c22-15-8-10-16(11-9-15)26-18-3-1-2-17(18)19(25-26)21(28)24-12-13-4-6-14(7-5-13)20(23)27/h4-11H,1-3,12H2,(H2,23,27)(H,24,28). The summed E-state index contributed by atoms with van der Waals surface area (Å²) in [5.74, 6) is -1.05. The maximum absolute atomic E-state index is 13.2. The molecular weight excluding hydrogens is 359 g/mol. The van der Waals surface area contributed by atoms with E-state index in [0.717, 1.165) is 41.8 Å². The number of nitrogens with one attached hydrogen (secondary N) is 1. The van der Waals surface area contributed by atoms with Gasteiger partial charge < -0.3 is 11.1 Å². The van der Waals surface area contributed by atoms with Crippen molar-refractivity contribution in [2.45, 2.75) is 25.8 Å². The third-order valence-corrected chi connectivity index (χ3v) is 4.91. The number of halogens is 1. The molecule has 7 heteroatoms. The van der Waals surface area contributed by atoms with E-state index in [9.17, 15) is 14.0 Å². The van der Waals surface area contributed by atoms with E-state index in [1.165, 1.54) is 12.1 Å². The molecule has 0 unspecified atom stereocenters. The van der Waals surface area contributed by atoms with Crippen LogP contribution >= 0.6 is 0 Å². The number of nitrogens with zero attached hydrogens (tertiary/aromatic N) is 2. The number of hydrogen-bond donors (Lipinski definition) is 2. The van der Waals surface area contributed by atoms with E-state index < -0.39 is 5.91 Å². The van der Waals surface area contributed by atoms with Crippen molar-refractivity contribution in [3.8, 4) is 5.69 Å². The first-order chi connectivity index (χ1) is 13.5. The molecule has 0 spiro atoms. The fourth-order valence-corrected chi connectivity index (χ4v) is 3.47. The summed E-state index contributed by atoms with van der Waals surface area (Å²) in [6.45, 7) is 0.316. The Hall–Kier alpha value is -3.48. The maximum atomic E-state index is 13.2. The van der Waals surface area contributed by atoms with Gasteiger partial charge in [0.05, 0.1) is 5.69 Å².